The van der Waals surface area contributed by atoms with Crippen LogP contribution in [0.25, 0.3) is 0 Å². The van der Waals surface area contributed by atoms with E-state index in [2.05, 4.69) is 6.08 Å². The van der Waals surface area contributed by atoms with Crippen molar-refractivity contribution in [2.24, 2.45) is 0 Å². The van der Waals surface area contributed by atoms with Gasteiger partial charge in [0.1, 0.15) is 5.91 Å². The number of nitrogens with one attached hydrogen (secondary N) is 1. The first-order chi connectivity index (χ1) is 3.29. The van der Waals surface area contributed by atoms with Crippen LogP contribution in [0.2, 0.25) is 0 Å². The van der Waals surface area contributed by atoms with Crippen molar-refractivity contribution < 1.29 is 48.2 Å². The molecule has 0 bridgehead atoms. The number of hydrogen-bond donors (Lipinski definition) is 1. The fourth-order valence-electron chi connectivity index (χ4n) is 0.315. The fraction of sp³-hybridized carbons (Fsp3) is 0. The molecule has 45 valence electrons. The summed E-state index contributed by atoms with van der Waals surface area (Å²) in [4.78, 5) is 20.0. The predicted molar refractivity (Wildman–Crippen MR) is 21.0 cm³/mol. The number of rotatable bonds is 0. The van der Waals surface area contributed by atoms with Gasteiger partial charge in [-0.25, -0.2) is 0 Å². The number of imide groups is 1. The van der Waals surface area contributed by atoms with Crippen LogP contribution < -0.4 is 5.32 Å². The molecule has 0 atom stereocenters. The van der Waals surface area contributed by atoms with E-state index >= 15 is 0 Å². The minimum Gasteiger partial charge on any atom is -0.384 e. The van der Waals surface area contributed by atoms with Crippen molar-refractivity contribution in [3.63, 3.8) is 0 Å². The molecular formula is C4H2NO2Tb-. The molecule has 1 rings (SSSR count). The van der Waals surface area contributed by atoms with Crippen molar-refractivity contribution in [3.8, 4) is 0 Å². The predicted octanol–water partition coefficient (Wildman–Crippen LogP) is -0.998. The van der Waals surface area contributed by atoms with Crippen molar-refractivity contribution >= 4 is 11.8 Å². The summed E-state index contributed by atoms with van der Waals surface area (Å²) in [5.74, 6) is -0.838. The third-order valence-electron chi connectivity index (χ3n) is 0.571. The van der Waals surface area contributed by atoms with Gasteiger partial charge in [0.25, 0.3) is 0 Å². The summed E-state index contributed by atoms with van der Waals surface area (Å²) in [7, 11) is 0. The van der Waals surface area contributed by atoms with Crippen LogP contribution in [-0.2, 0) is 9.59 Å². The van der Waals surface area contributed by atoms with Crippen LogP contribution in [0.15, 0.2) is 6.08 Å². The molecule has 2 amide bonds. The molecule has 0 spiro atoms. The van der Waals surface area contributed by atoms with Crippen molar-refractivity contribution in [3.05, 3.63) is 12.2 Å². The number of amides is 2. The average molecular weight is 255 g/mol. The van der Waals surface area contributed by atoms with Crippen LogP contribution in [0.5, 0.6) is 0 Å². The minimum absolute atomic E-state index is 0. The second-order valence-electron chi connectivity index (χ2n) is 1.11. The molecule has 1 aliphatic rings. The van der Waals surface area contributed by atoms with Gasteiger partial charge < -0.3 is 10.1 Å². The van der Waals surface area contributed by atoms with Crippen LogP contribution in [0.1, 0.15) is 0 Å². The molecule has 0 fully saturated rings. The number of carbonyl (C=O) groups excluding carboxylic acids is 2. The van der Waals surface area contributed by atoms with Gasteiger partial charge in [-0.1, -0.05) is 0 Å². The maximum Gasteiger partial charge on any atom is 0.143 e. The monoisotopic (exact) mass is 255 g/mol. The maximum atomic E-state index is 10.0. The van der Waals surface area contributed by atoms with E-state index in [1.807, 2.05) is 5.32 Å². The molecule has 0 aromatic heterocycles. The molecule has 1 heterocycles. The van der Waals surface area contributed by atoms with Crippen LogP contribution in [0.3, 0.4) is 0 Å². The molecule has 1 radical (unpaired) electrons. The Kier molecular flexibility index (Phi) is 3.31. The normalized spacial score (nSPS) is 15.5. The van der Waals surface area contributed by atoms with E-state index in [4.69, 9.17) is 0 Å². The third-order valence-corrected chi connectivity index (χ3v) is 0.571. The van der Waals surface area contributed by atoms with E-state index in [-0.39, 0.29) is 44.5 Å². The van der Waals surface area contributed by atoms with Crippen LogP contribution in [0, 0.1) is 44.7 Å². The van der Waals surface area contributed by atoms with E-state index in [0.29, 0.717) is 0 Å². The van der Waals surface area contributed by atoms with E-state index in [1.54, 1.807) is 0 Å². The molecule has 0 aliphatic carbocycles. The largest absolute Gasteiger partial charge is 0.384 e. The van der Waals surface area contributed by atoms with E-state index in [1.165, 1.54) is 0 Å². The standard InChI is InChI=1S/C4H2NO2.Tb/c6-3-1-2-4(7)5-3;/h1H,(H,5,6,7);/q-1;. The van der Waals surface area contributed by atoms with Crippen molar-refractivity contribution in [2.75, 3.05) is 0 Å². The minimum atomic E-state index is -0.454. The summed E-state index contributed by atoms with van der Waals surface area (Å²) in [6.45, 7) is 0. The summed E-state index contributed by atoms with van der Waals surface area (Å²) in [6.07, 6.45) is 3.22. The van der Waals surface area contributed by atoms with Crippen LogP contribution in [-0.4, -0.2) is 11.8 Å². The van der Waals surface area contributed by atoms with Crippen molar-refractivity contribution in [1.82, 2.24) is 5.32 Å². The Morgan fingerprint density at radius 2 is 2.12 bits per heavy atom. The Bertz CT molecular complexity index is 136. The Hall–Kier alpha value is 0.166. The molecule has 8 heavy (non-hydrogen) atoms. The zero-order valence-corrected chi connectivity index (χ0v) is 5.87. The molecule has 1 N–H and O–H groups in total. The summed E-state index contributed by atoms with van der Waals surface area (Å²) in [5.41, 5.74) is 0. The molecule has 4 heteroatoms. The SMILES string of the molecule is O=C1[C-]=CC(=O)N1.[Tb]. The van der Waals surface area contributed by atoms with Crippen molar-refractivity contribution in [2.45, 2.75) is 0 Å². The van der Waals surface area contributed by atoms with Gasteiger partial charge in [0, 0.05) is 38.6 Å². The van der Waals surface area contributed by atoms with E-state index < -0.39 is 5.91 Å². The molecule has 0 unspecified atom stereocenters. The smallest absolute Gasteiger partial charge is 0.143 e. The topological polar surface area (TPSA) is 46.2 Å². The van der Waals surface area contributed by atoms with Gasteiger partial charge in [-0.3, -0.25) is 4.79 Å². The zero-order valence-electron chi connectivity index (χ0n) is 3.73. The zero-order chi connectivity index (χ0) is 5.28. The summed E-state index contributed by atoms with van der Waals surface area (Å²) in [5, 5.41) is 1.97. The molecule has 1 aliphatic heterocycles. The van der Waals surface area contributed by atoms with Crippen molar-refractivity contribution in [1.29, 1.82) is 0 Å². The van der Waals surface area contributed by atoms with Gasteiger partial charge in [-0.15, -0.1) is 0 Å². The van der Waals surface area contributed by atoms with Crippen LogP contribution >= 0.6 is 0 Å². The summed E-state index contributed by atoms with van der Waals surface area (Å²) < 4.78 is 0. The molecule has 0 saturated carbocycles. The van der Waals surface area contributed by atoms with Gasteiger partial charge in [0.2, 0.25) is 0 Å². The molecule has 0 aromatic rings. The van der Waals surface area contributed by atoms with E-state index in [0.717, 1.165) is 6.08 Å². The molecule has 0 saturated heterocycles. The first-order valence-electron chi connectivity index (χ1n) is 1.74. The number of carbonyl (C=O) groups is 2. The van der Waals surface area contributed by atoms with Gasteiger partial charge in [0.15, 0.2) is 0 Å². The Morgan fingerprint density at radius 3 is 2.25 bits per heavy atom. The van der Waals surface area contributed by atoms with Gasteiger partial charge in [0.05, 0.1) is 5.91 Å². The van der Waals surface area contributed by atoms with Gasteiger partial charge >= 0.3 is 0 Å². The summed E-state index contributed by atoms with van der Waals surface area (Å²) in [6, 6.07) is 0. The quantitative estimate of drug-likeness (QED) is 0.446. The second-order valence-corrected chi connectivity index (χ2v) is 1.11. The van der Waals surface area contributed by atoms with Crippen LogP contribution in [0.4, 0.5) is 0 Å². The first-order valence-corrected chi connectivity index (χ1v) is 1.74. The van der Waals surface area contributed by atoms with Gasteiger partial charge in [-0.05, 0) is 0 Å². The summed E-state index contributed by atoms with van der Waals surface area (Å²) >= 11 is 0. The fourth-order valence-corrected chi connectivity index (χ4v) is 0.315. The Balaban J connectivity index is 0.000000490. The molecular weight excluding hydrogens is 253 g/mol. The Labute approximate surface area is 76.9 Å². The second kappa shape index (κ2) is 3.24. The maximum absolute atomic E-state index is 10.0. The first kappa shape index (κ1) is 8.17. The van der Waals surface area contributed by atoms with E-state index in [9.17, 15) is 9.59 Å². The molecule has 0 aromatic carbocycles. The third kappa shape index (κ3) is 1.96. The molecule has 3 nitrogen and oxygen atoms in total. The van der Waals surface area contributed by atoms with Gasteiger partial charge in [-0.2, -0.15) is 12.2 Å². The number of hydrogen-bond acceptors (Lipinski definition) is 2. The average Bonchev–Trinajstić information content (AvgIpc) is 1.87. The Morgan fingerprint density at radius 1 is 1.50 bits per heavy atom.